The smallest absolute Gasteiger partial charge is 0.341 e. The number of rotatable bonds is 5. The Morgan fingerprint density at radius 3 is 2.25 bits per heavy atom. The monoisotopic (exact) mass is 464 g/mol. The van der Waals surface area contributed by atoms with Crippen LogP contribution in [0.4, 0.5) is 13.2 Å². The van der Waals surface area contributed by atoms with E-state index in [1.54, 1.807) is 54.4 Å². The molecule has 3 aromatic rings. The molecule has 0 bridgehead atoms. The first kappa shape index (κ1) is 23.3. The van der Waals surface area contributed by atoms with E-state index in [-0.39, 0.29) is 10.5 Å². The second-order valence-electron chi connectivity index (χ2n) is 7.24. The predicted octanol–water partition coefficient (Wildman–Crippen LogP) is 3.63. The number of aromatic nitrogens is 1. The van der Waals surface area contributed by atoms with E-state index in [9.17, 15) is 31.2 Å². The first-order valence-corrected chi connectivity index (χ1v) is 11.2. The van der Waals surface area contributed by atoms with Gasteiger partial charge in [0, 0.05) is 6.26 Å². The summed E-state index contributed by atoms with van der Waals surface area (Å²) >= 11 is 0. The summed E-state index contributed by atoms with van der Waals surface area (Å²) in [4.78, 5) is 26.6. The van der Waals surface area contributed by atoms with Crippen LogP contribution in [0.25, 0.3) is 0 Å². The summed E-state index contributed by atoms with van der Waals surface area (Å²) in [6.07, 6.45) is -3.73. The van der Waals surface area contributed by atoms with Crippen molar-refractivity contribution in [2.45, 2.75) is 24.0 Å². The van der Waals surface area contributed by atoms with Crippen molar-refractivity contribution in [1.82, 2.24) is 10.3 Å². The summed E-state index contributed by atoms with van der Waals surface area (Å²) in [5.41, 5.74) is -1.55. The van der Waals surface area contributed by atoms with Crippen molar-refractivity contribution in [3.63, 3.8) is 0 Å². The summed E-state index contributed by atoms with van der Waals surface area (Å²) < 4.78 is 63.3. The van der Waals surface area contributed by atoms with E-state index in [4.69, 9.17) is 0 Å². The van der Waals surface area contributed by atoms with Gasteiger partial charge in [0.05, 0.1) is 10.9 Å². The highest BCUT2D eigenvalue weighted by Gasteiger charge is 2.32. The number of nitrogens with one attached hydrogen (secondary N) is 2. The molecule has 0 saturated heterocycles. The van der Waals surface area contributed by atoms with Crippen LogP contribution >= 0.6 is 0 Å². The fourth-order valence-corrected chi connectivity index (χ4v) is 4.23. The number of aryl methyl sites for hydroxylation is 1. The van der Waals surface area contributed by atoms with Gasteiger partial charge in [-0.2, -0.15) is 13.2 Å². The first-order valence-electron chi connectivity index (χ1n) is 9.35. The van der Waals surface area contributed by atoms with Gasteiger partial charge in [0.15, 0.2) is 9.84 Å². The van der Waals surface area contributed by atoms with Crippen LogP contribution < -0.4 is 10.9 Å². The lowest BCUT2D eigenvalue weighted by Gasteiger charge is -2.22. The van der Waals surface area contributed by atoms with Crippen molar-refractivity contribution in [2.75, 3.05) is 6.26 Å². The van der Waals surface area contributed by atoms with Gasteiger partial charge in [-0.25, -0.2) is 8.42 Å². The molecule has 2 aromatic carbocycles. The summed E-state index contributed by atoms with van der Waals surface area (Å²) in [6, 6.07) is 13.5. The molecule has 1 unspecified atom stereocenters. The number of carbonyl (C=O) groups excluding carboxylic acids is 1. The Balaban J connectivity index is 2.09. The van der Waals surface area contributed by atoms with Crippen LogP contribution in [0.3, 0.4) is 0 Å². The van der Waals surface area contributed by atoms with E-state index in [1.807, 2.05) is 0 Å². The van der Waals surface area contributed by atoms with Crippen molar-refractivity contribution in [2.24, 2.45) is 0 Å². The third-order valence-corrected chi connectivity index (χ3v) is 5.90. The second-order valence-corrected chi connectivity index (χ2v) is 9.23. The van der Waals surface area contributed by atoms with Crippen molar-refractivity contribution < 1.29 is 26.4 Å². The number of alkyl halides is 3. The zero-order chi connectivity index (χ0) is 23.7. The molecule has 0 aliphatic rings. The van der Waals surface area contributed by atoms with Gasteiger partial charge in [0.25, 0.3) is 11.5 Å². The van der Waals surface area contributed by atoms with Gasteiger partial charge in [-0.1, -0.05) is 42.5 Å². The fraction of sp³-hybridized carbons (Fsp3) is 0.182. The predicted molar refractivity (Wildman–Crippen MR) is 112 cm³/mol. The average Bonchev–Trinajstić information content (AvgIpc) is 2.71. The quantitative estimate of drug-likeness (QED) is 0.603. The number of pyridine rings is 1. The van der Waals surface area contributed by atoms with Gasteiger partial charge in [-0.3, -0.25) is 9.59 Å². The number of halogens is 3. The number of aromatic amines is 1. The van der Waals surface area contributed by atoms with Crippen LogP contribution in [-0.4, -0.2) is 25.6 Å². The molecule has 1 aromatic heterocycles. The maximum atomic E-state index is 12.8. The highest BCUT2D eigenvalue weighted by atomic mass is 32.2. The standard InChI is InChI=1S/C22H19F3N2O4S/c1-13-8-9-15(17(12-13)32(2,30)31)19(14-6-4-3-5-7-14)27-21(29)16-10-11-18(22(23,24)25)26-20(16)28/h3-12,19H,1-2H3,(H,26,28)(H,27,29). The molecule has 10 heteroatoms. The molecule has 0 fully saturated rings. The minimum Gasteiger partial charge on any atom is -0.341 e. The van der Waals surface area contributed by atoms with Crippen molar-refractivity contribution in [3.05, 3.63) is 99.0 Å². The highest BCUT2D eigenvalue weighted by molar-refractivity contribution is 7.90. The van der Waals surface area contributed by atoms with E-state index >= 15 is 0 Å². The molecular weight excluding hydrogens is 445 g/mol. The summed E-state index contributed by atoms with van der Waals surface area (Å²) in [5, 5.41) is 2.59. The Bertz CT molecular complexity index is 1320. The van der Waals surface area contributed by atoms with Crippen LogP contribution in [-0.2, 0) is 16.0 Å². The topological polar surface area (TPSA) is 96.1 Å². The number of amides is 1. The van der Waals surface area contributed by atoms with Crippen LogP contribution in [0, 0.1) is 6.92 Å². The van der Waals surface area contributed by atoms with Gasteiger partial charge < -0.3 is 10.3 Å². The van der Waals surface area contributed by atoms with Crippen LogP contribution in [0.5, 0.6) is 0 Å². The van der Waals surface area contributed by atoms with Gasteiger partial charge in [0.1, 0.15) is 11.3 Å². The normalized spacial score (nSPS) is 12.9. The largest absolute Gasteiger partial charge is 0.431 e. The molecule has 0 radical (unpaired) electrons. The number of carbonyl (C=O) groups is 1. The van der Waals surface area contributed by atoms with Crippen LogP contribution in [0.1, 0.15) is 38.8 Å². The molecule has 1 amide bonds. The highest BCUT2D eigenvalue weighted by Crippen LogP contribution is 2.30. The maximum Gasteiger partial charge on any atom is 0.431 e. The second kappa shape index (κ2) is 8.62. The minimum absolute atomic E-state index is 0.00650. The van der Waals surface area contributed by atoms with Crippen molar-refractivity contribution in [1.29, 1.82) is 0 Å². The Morgan fingerprint density at radius 2 is 1.69 bits per heavy atom. The molecule has 0 saturated carbocycles. The lowest BCUT2D eigenvalue weighted by molar-refractivity contribution is -0.141. The van der Waals surface area contributed by atoms with Crippen molar-refractivity contribution >= 4 is 15.7 Å². The molecule has 1 atom stereocenters. The summed E-state index contributed by atoms with van der Waals surface area (Å²) in [6.45, 7) is 1.72. The van der Waals surface area contributed by atoms with Gasteiger partial charge in [0.2, 0.25) is 0 Å². The molecule has 2 N–H and O–H groups in total. The number of H-pyrrole nitrogens is 1. The molecule has 6 nitrogen and oxygen atoms in total. The lowest BCUT2D eigenvalue weighted by Crippen LogP contribution is -2.34. The van der Waals surface area contributed by atoms with Gasteiger partial charge >= 0.3 is 6.18 Å². The molecule has 0 spiro atoms. The van der Waals surface area contributed by atoms with E-state index < -0.39 is 44.8 Å². The van der Waals surface area contributed by atoms with Crippen molar-refractivity contribution in [3.8, 4) is 0 Å². The zero-order valence-corrected chi connectivity index (χ0v) is 17.8. The van der Waals surface area contributed by atoms with Gasteiger partial charge in [-0.05, 0) is 41.8 Å². The molecule has 1 heterocycles. The average molecular weight is 464 g/mol. The SMILES string of the molecule is Cc1ccc(C(NC(=O)c2ccc(C(F)(F)F)[nH]c2=O)c2ccccc2)c(S(C)(=O)=O)c1. The minimum atomic E-state index is -4.77. The zero-order valence-electron chi connectivity index (χ0n) is 17.0. The molecule has 0 aliphatic heterocycles. The Morgan fingerprint density at radius 1 is 1.03 bits per heavy atom. The van der Waals surface area contributed by atoms with Gasteiger partial charge in [-0.15, -0.1) is 0 Å². The van der Waals surface area contributed by atoms with Crippen LogP contribution in [0.15, 0.2) is 70.4 Å². The molecule has 0 aliphatic carbocycles. The summed E-state index contributed by atoms with van der Waals surface area (Å²) in [7, 11) is -3.68. The third-order valence-electron chi connectivity index (χ3n) is 4.75. The number of sulfone groups is 1. The molecule has 3 rings (SSSR count). The summed E-state index contributed by atoms with van der Waals surface area (Å²) in [5.74, 6) is -0.950. The molecule has 32 heavy (non-hydrogen) atoms. The number of hydrogen-bond acceptors (Lipinski definition) is 4. The maximum absolute atomic E-state index is 12.8. The van der Waals surface area contributed by atoms with E-state index in [2.05, 4.69) is 5.32 Å². The van der Waals surface area contributed by atoms with Crippen LogP contribution in [0.2, 0.25) is 0 Å². The van der Waals surface area contributed by atoms with E-state index in [0.717, 1.165) is 12.3 Å². The van der Waals surface area contributed by atoms with E-state index in [1.165, 1.54) is 6.07 Å². The fourth-order valence-electron chi connectivity index (χ4n) is 3.21. The Labute approximate surface area is 182 Å². The third kappa shape index (κ3) is 5.08. The molecular formula is C22H19F3N2O4S. The Hall–Kier alpha value is -3.40. The molecule has 168 valence electrons. The number of benzene rings is 2. The lowest BCUT2D eigenvalue weighted by atomic mass is 9.97. The Kier molecular flexibility index (Phi) is 6.27. The number of hydrogen-bond donors (Lipinski definition) is 2. The van der Waals surface area contributed by atoms with E-state index in [0.29, 0.717) is 17.2 Å². The first-order chi connectivity index (χ1) is 14.9.